The number of benzene rings is 1. The van der Waals surface area contributed by atoms with Gasteiger partial charge in [0.2, 0.25) is 0 Å². The fourth-order valence-electron chi connectivity index (χ4n) is 1.78. The van der Waals surface area contributed by atoms with Crippen LogP contribution in [-0.4, -0.2) is 32.8 Å². The third kappa shape index (κ3) is 3.30. The van der Waals surface area contributed by atoms with Crippen molar-refractivity contribution in [1.29, 1.82) is 0 Å². The Balaban J connectivity index is 3.17. The smallest absolute Gasteiger partial charge is 0.330 e. The summed E-state index contributed by atoms with van der Waals surface area (Å²) in [6.07, 6.45) is 0. The summed E-state index contributed by atoms with van der Waals surface area (Å²) in [5, 5.41) is 3.15. The minimum absolute atomic E-state index is 0.343. The van der Waals surface area contributed by atoms with Gasteiger partial charge in [0.15, 0.2) is 0 Å². The van der Waals surface area contributed by atoms with Crippen LogP contribution in [0, 0.1) is 6.92 Å². The molecule has 0 heterocycles. The molecule has 106 valence electrons. The lowest BCUT2D eigenvalue weighted by atomic mass is 10.0. The van der Waals surface area contributed by atoms with E-state index in [2.05, 4.69) is 5.32 Å². The normalized spacial score (nSPS) is 10.8. The molecule has 1 aromatic carbocycles. The van der Waals surface area contributed by atoms with Gasteiger partial charge in [-0.1, -0.05) is 0 Å². The highest BCUT2D eigenvalue weighted by Gasteiger charge is 2.30. The molecule has 0 aromatic heterocycles. The number of carbonyl (C=O) groups is 1. The predicted molar refractivity (Wildman–Crippen MR) is 74.0 cm³/mol. The summed E-state index contributed by atoms with van der Waals surface area (Å²) in [5.41, 5.74) is 0.827. The van der Waals surface area contributed by atoms with Crippen LogP contribution in [-0.2, 0) is 9.53 Å². The maximum absolute atomic E-state index is 11.7. The number of rotatable bonds is 5. The molecule has 0 atom stereocenters. The molecule has 5 heteroatoms. The molecule has 1 N–H and O–H groups in total. The Hall–Kier alpha value is -1.91. The Bertz CT molecular complexity index is 469. The quantitative estimate of drug-likeness (QED) is 0.830. The van der Waals surface area contributed by atoms with Crippen molar-refractivity contribution in [2.24, 2.45) is 0 Å². The van der Waals surface area contributed by atoms with Crippen molar-refractivity contribution in [3.05, 3.63) is 17.7 Å². The zero-order valence-corrected chi connectivity index (χ0v) is 12.3. The lowest BCUT2D eigenvalue weighted by molar-refractivity contribution is -0.144. The molecule has 0 radical (unpaired) electrons. The zero-order valence-electron chi connectivity index (χ0n) is 12.3. The van der Waals surface area contributed by atoms with Gasteiger partial charge in [-0.3, -0.25) is 0 Å². The van der Waals surface area contributed by atoms with E-state index in [0.29, 0.717) is 11.5 Å². The van der Waals surface area contributed by atoms with Crippen LogP contribution in [0.5, 0.6) is 11.5 Å². The molecule has 0 saturated carbocycles. The van der Waals surface area contributed by atoms with Gasteiger partial charge in [-0.05, 0) is 32.4 Å². The van der Waals surface area contributed by atoms with E-state index in [0.717, 1.165) is 11.3 Å². The van der Waals surface area contributed by atoms with Crippen LogP contribution < -0.4 is 14.8 Å². The van der Waals surface area contributed by atoms with E-state index in [1.54, 1.807) is 34.1 Å². The number of hydrogen-bond donors (Lipinski definition) is 1. The summed E-state index contributed by atoms with van der Waals surface area (Å²) in [6, 6.07) is 3.64. The Morgan fingerprint density at radius 3 is 2.26 bits per heavy atom. The number of nitrogens with one attached hydrogen (secondary N) is 1. The van der Waals surface area contributed by atoms with E-state index in [4.69, 9.17) is 14.2 Å². The van der Waals surface area contributed by atoms with E-state index in [9.17, 15) is 4.79 Å². The molecule has 1 rings (SSSR count). The van der Waals surface area contributed by atoms with E-state index in [1.807, 2.05) is 13.0 Å². The molecule has 0 unspecified atom stereocenters. The third-order valence-electron chi connectivity index (χ3n) is 2.86. The molecule has 5 nitrogen and oxygen atoms in total. The summed E-state index contributed by atoms with van der Waals surface area (Å²) in [7, 11) is 4.54. The van der Waals surface area contributed by atoms with E-state index in [-0.39, 0.29) is 5.97 Å². The minimum atomic E-state index is -0.846. The molecule has 0 amide bonds. The number of ether oxygens (including phenoxy) is 3. The maximum atomic E-state index is 11.7. The fourth-order valence-corrected chi connectivity index (χ4v) is 1.78. The van der Waals surface area contributed by atoms with Gasteiger partial charge in [0.05, 0.1) is 27.0 Å². The van der Waals surface area contributed by atoms with E-state index >= 15 is 0 Å². The Labute approximate surface area is 113 Å². The Morgan fingerprint density at radius 2 is 1.79 bits per heavy atom. The number of aryl methyl sites for hydroxylation is 1. The average Bonchev–Trinajstić information content (AvgIpc) is 2.39. The van der Waals surface area contributed by atoms with Crippen LogP contribution in [0.2, 0.25) is 0 Å². The molecule has 0 fully saturated rings. The van der Waals surface area contributed by atoms with Crippen molar-refractivity contribution in [2.45, 2.75) is 26.3 Å². The zero-order chi connectivity index (χ0) is 14.6. The van der Waals surface area contributed by atoms with Gasteiger partial charge in [0.1, 0.15) is 17.0 Å². The first-order valence-corrected chi connectivity index (χ1v) is 5.95. The molecule has 0 aliphatic heterocycles. The fraction of sp³-hybridized carbons (Fsp3) is 0.500. The van der Waals surface area contributed by atoms with E-state index in [1.165, 1.54) is 7.11 Å². The minimum Gasteiger partial charge on any atom is -0.497 e. The second-order valence-corrected chi connectivity index (χ2v) is 4.76. The molecule has 0 bridgehead atoms. The van der Waals surface area contributed by atoms with Crippen LogP contribution in [0.3, 0.4) is 0 Å². The van der Waals surface area contributed by atoms with Gasteiger partial charge in [0.25, 0.3) is 0 Å². The Kier molecular flexibility index (Phi) is 4.64. The maximum Gasteiger partial charge on any atom is 0.330 e. The predicted octanol–water partition coefficient (Wildman–Crippen LogP) is 2.38. The van der Waals surface area contributed by atoms with Gasteiger partial charge in [-0.15, -0.1) is 0 Å². The summed E-state index contributed by atoms with van der Waals surface area (Å²) >= 11 is 0. The molecule has 0 saturated heterocycles. The molecule has 0 aliphatic rings. The topological polar surface area (TPSA) is 56.8 Å². The number of hydrogen-bond acceptors (Lipinski definition) is 5. The molecular weight excluding hydrogens is 246 g/mol. The first-order chi connectivity index (χ1) is 8.85. The van der Waals surface area contributed by atoms with Crippen molar-refractivity contribution >= 4 is 11.7 Å². The molecule has 1 aromatic rings. The lowest BCUT2D eigenvalue weighted by Gasteiger charge is -2.27. The molecule has 19 heavy (non-hydrogen) atoms. The van der Waals surface area contributed by atoms with E-state index < -0.39 is 5.54 Å². The summed E-state index contributed by atoms with van der Waals surface area (Å²) < 4.78 is 15.3. The Morgan fingerprint density at radius 1 is 1.16 bits per heavy atom. The first-order valence-electron chi connectivity index (χ1n) is 5.95. The highest BCUT2D eigenvalue weighted by atomic mass is 16.5. The monoisotopic (exact) mass is 267 g/mol. The van der Waals surface area contributed by atoms with Gasteiger partial charge in [-0.2, -0.15) is 0 Å². The van der Waals surface area contributed by atoms with Crippen LogP contribution >= 0.6 is 0 Å². The summed E-state index contributed by atoms with van der Waals surface area (Å²) in [4.78, 5) is 11.7. The summed E-state index contributed by atoms with van der Waals surface area (Å²) in [6.45, 7) is 5.42. The van der Waals surface area contributed by atoms with Crippen molar-refractivity contribution in [1.82, 2.24) is 0 Å². The number of anilines is 1. The van der Waals surface area contributed by atoms with Crippen molar-refractivity contribution in [3.8, 4) is 11.5 Å². The van der Waals surface area contributed by atoms with Crippen LogP contribution in [0.1, 0.15) is 19.4 Å². The number of methoxy groups -OCH3 is 3. The standard InChI is InChI=1S/C14H21NO4/c1-9-7-10(17-4)8-11(18-5)12(9)15-14(2,3)13(16)19-6/h7-8,15H,1-6H3. The van der Waals surface area contributed by atoms with Gasteiger partial charge in [-0.25, -0.2) is 4.79 Å². The molecule has 0 spiro atoms. The average molecular weight is 267 g/mol. The SMILES string of the molecule is COC(=O)C(C)(C)Nc1c(C)cc(OC)cc1OC. The molecule has 0 aliphatic carbocycles. The molecular formula is C14H21NO4. The number of esters is 1. The van der Waals surface area contributed by atoms with Gasteiger partial charge in [0, 0.05) is 6.07 Å². The van der Waals surface area contributed by atoms with Crippen LogP contribution in [0.4, 0.5) is 5.69 Å². The highest BCUT2D eigenvalue weighted by Crippen LogP contribution is 2.35. The lowest BCUT2D eigenvalue weighted by Crippen LogP contribution is -2.41. The van der Waals surface area contributed by atoms with Crippen LogP contribution in [0.15, 0.2) is 12.1 Å². The highest BCUT2D eigenvalue weighted by molar-refractivity contribution is 5.84. The van der Waals surface area contributed by atoms with Crippen molar-refractivity contribution in [3.63, 3.8) is 0 Å². The second kappa shape index (κ2) is 5.82. The van der Waals surface area contributed by atoms with Crippen molar-refractivity contribution in [2.75, 3.05) is 26.6 Å². The van der Waals surface area contributed by atoms with Crippen molar-refractivity contribution < 1.29 is 19.0 Å². The largest absolute Gasteiger partial charge is 0.497 e. The van der Waals surface area contributed by atoms with Crippen LogP contribution in [0.25, 0.3) is 0 Å². The van der Waals surface area contributed by atoms with Gasteiger partial charge < -0.3 is 19.5 Å². The third-order valence-corrected chi connectivity index (χ3v) is 2.86. The second-order valence-electron chi connectivity index (χ2n) is 4.76. The first kappa shape index (κ1) is 15.1. The van der Waals surface area contributed by atoms with Gasteiger partial charge >= 0.3 is 5.97 Å². The summed E-state index contributed by atoms with van der Waals surface area (Å²) in [5.74, 6) is 0.981. The number of carbonyl (C=O) groups excluding carboxylic acids is 1.